The first-order chi connectivity index (χ1) is 10.7. The molecule has 0 fully saturated rings. The van der Waals surface area contributed by atoms with Gasteiger partial charge in [-0.15, -0.1) is 11.8 Å². The van der Waals surface area contributed by atoms with E-state index in [4.69, 9.17) is 0 Å². The Morgan fingerprint density at radius 3 is 2.32 bits per heavy atom. The van der Waals surface area contributed by atoms with Gasteiger partial charge < -0.3 is 4.90 Å². The third-order valence-electron chi connectivity index (χ3n) is 3.74. The van der Waals surface area contributed by atoms with Crippen molar-refractivity contribution < 1.29 is 4.79 Å². The largest absolute Gasteiger partial charge is 0.372 e. The van der Waals surface area contributed by atoms with E-state index in [0.717, 1.165) is 23.5 Å². The van der Waals surface area contributed by atoms with Gasteiger partial charge >= 0.3 is 0 Å². The summed E-state index contributed by atoms with van der Waals surface area (Å²) in [6.07, 6.45) is 0. The summed E-state index contributed by atoms with van der Waals surface area (Å²) < 4.78 is 0. The Hall–Kier alpha value is -1.74. The van der Waals surface area contributed by atoms with Crippen LogP contribution in [0.3, 0.4) is 0 Å². The molecule has 0 spiro atoms. The third kappa shape index (κ3) is 4.14. The first-order valence-corrected chi connectivity index (χ1v) is 8.71. The first-order valence-electron chi connectivity index (χ1n) is 7.72. The fourth-order valence-corrected chi connectivity index (χ4v) is 3.31. The van der Waals surface area contributed by atoms with Crippen LogP contribution >= 0.6 is 11.8 Å². The molecule has 2 aromatic rings. The van der Waals surface area contributed by atoms with Crippen LogP contribution < -0.4 is 4.90 Å². The molecule has 22 heavy (non-hydrogen) atoms. The molecule has 0 aliphatic carbocycles. The number of carbonyl (C=O) groups excluding carboxylic acids is 1. The SMILES string of the molecule is CCN(CC)c1ccc(C(=O)CSc2ccccc2)cc1C. The van der Waals surface area contributed by atoms with E-state index < -0.39 is 0 Å². The summed E-state index contributed by atoms with van der Waals surface area (Å²) in [5.74, 6) is 0.664. The molecule has 0 radical (unpaired) electrons. The van der Waals surface area contributed by atoms with Gasteiger partial charge in [0.25, 0.3) is 0 Å². The van der Waals surface area contributed by atoms with Gasteiger partial charge in [0.15, 0.2) is 5.78 Å². The molecule has 0 bridgehead atoms. The maximum absolute atomic E-state index is 12.4. The molecule has 2 nitrogen and oxygen atoms in total. The van der Waals surface area contributed by atoms with Crippen molar-refractivity contribution in [2.75, 3.05) is 23.7 Å². The molecular formula is C19H23NOS. The van der Waals surface area contributed by atoms with Crippen LogP contribution in [0.4, 0.5) is 5.69 Å². The average Bonchev–Trinajstić information content (AvgIpc) is 2.56. The van der Waals surface area contributed by atoms with Gasteiger partial charge in [0.1, 0.15) is 0 Å². The molecule has 0 atom stereocenters. The first kappa shape index (κ1) is 16.6. The van der Waals surface area contributed by atoms with Gasteiger partial charge in [0.2, 0.25) is 0 Å². The van der Waals surface area contributed by atoms with Crippen LogP contribution in [0.5, 0.6) is 0 Å². The van der Waals surface area contributed by atoms with E-state index in [-0.39, 0.29) is 5.78 Å². The second-order valence-corrected chi connectivity index (χ2v) is 6.25. The monoisotopic (exact) mass is 313 g/mol. The smallest absolute Gasteiger partial charge is 0.173 e. The molecule has 0 heterocycles. The standard InChI is InChI=1S/C19H23NOS/c1-4-20(5-2)18-12-11-16(13-15(18)3)19(21)14-22-17-9-7-6-8-10-17/h6-13H,4-5,14H2,1-3H3. The Morgan fingerprint density at radius 1 is 1.05 bits per heavy atom. The van der Waals surface area contributed by atoms with E-state index in [9.17, 15) is 4.79 Å². The molecule has 0 aliphatic rings. The van der Waals surface area contributed by atoms with E-state index in [1.165, 1.54) is 11.3 Å². The van der Waals surface area contributed by atoms with Crippen molar-refractivity contribution in [2.45, 2.75) is 25.7 Å². The highest BCUT2D eigenvalue weighted by Crippen LogP contribution is 2.23. The van der Waals surface area contributed by atoms with Gasteiger partial charge in [-0.05, 0) is 56.7 Å². The molecule has 3 heteroatoms. The lowest BCUT2D eigenvalue weighted by atomic mass is 10.1. The van der Waals surface area contributed by atoms with Crippen molar-refractivity contribution in [2.24, 2.45) is 0 Å². The van der Waals surface area contributed by atoms with Gasteiger partial charge in [-0.1, -0.05) is 18.2 Å². The normalized spacial score (nSPS) is 10.5. The summed E-state index contributed by atoms with van der Waals surface area (Å²) in [4.78, 5) is 15.8. The number of rotatable bonds is 7. The van der Waals surface area contributed by atoms with Crippen LogP contribution in [0.15, 0.2) is 53.4 Å². The molecule has 0 saturated heterocycles. The van der Waals surface area contributed by atoms with Gasteiger partial charge in [-0.3, -0.25) is 4.79 Å². The molecule has 0 aromatic heterocycles. The topological polar surface area (TPSA) is 20.3 Å². The zero-order valence-electron chi connectivity index (χ0n) is 13.5. The van der Waals surface area contributed by atoms with Crippen molar-refractivity contribution >= 4 is 23.2 Å². The number of nitrogens with zero attached hydrogens (tertiary/aromatic N) is 1. The van der Waals surface area contributed by atoms with E-state index >= 15 is 0 Å². The molecule has 0 aliphatic heterocycles. The highest BCUT2D eigenvalue weighted by atomic mass is 32.2. The molecule has 2 rings (SSSR count). The fourth-order valence-electron chi connectivity index (χ4n) is 2.50. The fraction of sp³-hybridized carbons (Fsp3) is 0.316. The van der Waals surface area contributed by atoms with Gasteiger partial charge in [-0.2, -0.15) is 0 Å². The molecule has 0 amide bonds. The van der Waals surface area contributed by atoms with E-state index in [1.54, 1.807) is 11.8 Å². The van der Waals surface area contributed by atoms with E-state index in [0.29, 0.717) is 5.75 Å². The summed E-state index contributed by atoms with van der Waals surface area (Å²) in [5.41, 5.74) is 3.19. The number of thioether (sulfide) groups is 1. The Balaban J connectivity index is 2.06. The van der Waals surface area contributed by atoms with Gasteiger partial charge in [-0.25, -0.2) is 0 Å². The minimum atomic E-state index is 0.183. The van der Waals surface area contributed by atoms with Crippen molar-refractivity contribution in [1.29, 1.82) is 0 Å². The molecule has 116 valence electrons. The minimum absolute atomic E-state index is 0.183. The Bertz CT molecular complexity index is 621. The van der Waals surface area contributed by atoms with E-state index in [2.05, 4.69) is 31.7 Å². The number of ketones is 1. The summed E-state index contributed by atoms with van der Waals surface area (Å²) >= 11 is 1.59. The van der Waals surface area contributed by atoms with Crippen LogP contribution in [0.1, 0.15) is 29.8 Å². The Labute approximate surface area is 137 Å². The van der Waals surface area contributed by atoms with Crippen LogP contribution in [0, 0.1) is 6.92 Å². The van der Waals surface area contributed by atoms with E-state index in [1.807, 2.05) is 42.5 Å². The summed E-state index contributed by atoms with van der Waals surface area (Å²) in [7, 11) is 0. The quantitative estimate of drug-likeness (QED) is 0.540. The van der Waals surface area contributed by atoms with Gasteiger partial charge in [0, 0.05) is 29.2 Å². The molecule has 0 unspecified atom stereocenters. The third-order valence-corrected chi connectivity index (χ3v) is 4.75. The lowest BCUT2D eigenvalue weighted by Crippen LogP contribution is -2.22. The molecule has 0 saturated carbocycles. The highest BCUT2D eigenvalue weighted by Gasteiger charge is 2.11. The van der Waals surface area contributed by atoms with Crippen LogP contribution in [0.25, 0.3) is 0 Å². The number of hydrogen-bond donors (Lipinski definition) is 0. The lowest BCUT2D eigenvalue weighted by molar-refractivity contribution is 0.102. The van der Waals surface area contributed by atoms with Crippen LogP contribution in [-0.4, -0.2) is 24.6 Å². The molecule has 0 N–H and O–H groups in total. The number of aryl methyl sites for hydroxylation is 1. The van der Waals surface area contributed by atoms with Crippen LogP contribution in [-0.2, 0) is 0 Å². The number of anilines is 1. The summed E-state index contributed by atoms with van der Waals surface area (Å²) in [6, 6.07) is 16.1. The zero-order chi connectivity index (χ0) is 15.9. The minimum Gasteiger partial charge on any atom is -0.372 e. The summed E-state index contributed by atoms with van der Waals surface area (Å²) in [6.45, 7) is 8.34. The highest BCUT2D eigenvalue weighted by molar-refractivity contribution is 8.00. The average molecular weight is 313 g/mol. The van der Waals surface area contributed by atoms with Crippen molar-refractivity contribution in [1.82, 2.24) is 0 Å². The van der Waals surface area contributed by atoms with Crippen molar-refractivity contribution in [3.63, 3.8) is 0 Å². The Morgan fingerprint density at radius 2 is 1.73 bits per heavy atom. The maximum atomic E-state index is 12.4. The predicted molar refractivity (Wildman–Crippen MR) is 96.2 cm³/mol. The predicted octanol–water partition coefficient (Wildman–Crippen LogP) is 4.82. The number of benzene rings is 2. The molecule has 2 aromatic carbocycles. The summed E-state index contributed by atoms with van der Waals surface area (Å²) in [5, 5.41) is 0. The number of Topliss-reactive ketones (excluding diaryl/α,β-unsaturated/α-hetero) is 1. The Kier molecular flexibility index (Phi) is 6.08. The van der Waals surface area contributed by atoms with Gasteiger partial charge in [0.05, 0.1) is 5.75 Å². The van der Waals surface area contributed by atoms with Crippen LogP contribution in [0.2, 0.25) is 0 Å². The van der Waals surface area contributed by atoms with Crippen molar-refractivity contribution in [3.05, 3.63) is 59.7 Å². The number of hydrogen-bond acceptors (Lipinski definition) is 3. The zero-order valence-corrected chi connectivity index (χ0v) is 14.3. The molecular weight excluding hydrogens is 290 g/mol. The number of carbonyl (C=O) groups is 1. The lowest BCUT2D eigenvalue weighted by Gasteiger charge is -2.23. The maximum Gasteiger partial charge on any atom is 0.173 e. The second kappa shape index (κ2) is 8.04. The van der Waals surface area contributed by atoms with Crippen molar-refractivity contribution in [3.8, 4) is 0 Å². The second-order valence-electron chi connectivity index (χ2n) is 5.20.